The number of rotatable bonds is 2. The van der Waals surface area contributed by atoms with E-state index in [-0.39, 0.29) is 11.2 Å². The van der Waals surface area contributed by atoms with Crippen LogP contribution in [0.3, 0.4) is 0 Å². The number of pyridine rings is 1. The molecule has 0 saturated carbocycles. The minimum Gasteiger partial charge on any atom is -0.394 e. The van der Waals surface area contributed by atoms with Crippen molar-refractivity contribution < 1.29 is 0 Å². The fraction of sp³-hybridized carbons (Fsp3) is 0.0833. The third-order valence-corrected chi connectivity index (χ3v) is 2.25. The lowest BCUT2D eigenvalue weighted by Crippen LogP contribution is -2.22. The van der Waals surface area contributed by atoms with Crippen molar-refractivity contribution in [2.24, 2.45) is 0 Å². The summed E-state index contributed by atoms with van der Waals surface area (Å²) in [5.41, 5.74) is 6.78. The molecule has 0 radical (unpaired) electrons. The Morgan fingerprint density at radius 3 is 2.53 bits per heavy atom. The summed E-state index contributed by atoms with van der Waals surface area (Å²) in [6, 6.07) is 13.2. The summed E-state index contributed by atoms with van der Waals surface area (Å²) in [6.45, 7) is 0.560. The van der Waals surface area contributed by atoms with Crippen molar-refractivity contribution in [2.45, 2.75) is 6.54 Å². The molecule has 2 N–H and O–H groups in total. The van der Waals surface area contributed by atoms with Crippen LogP contribution in [0.2, 0.25) is 0 Å². The number of aromatic nitrogens is 1. The van der Waals surface area contributed by atoms with E-state index in [4.69, 9.17) is 5.73 Å². The predicted molar refractivity (Wildman–Crippen MR) is 60.7 cm³/mol. The normalized spacial score (nSPS) is 10.1. The van der Waals surface area contributed by atoms with Gasteiger partial charge in [-0.1, -0.05) is 30.3 Å². The molecule has 0 spiro atoms. The van der Waals surface area contributed by atoms with E-state index in [1.807, 2.05) is 30.3 Å². The maximum Gasteiger partial charge on any atom is 0.273 e. The molecule has 0 aliphatic carbocycles. The van der Waals surface area contributed by atoms with Crippen LogP contribution in [0.15, 0.2) is 53.5 Å². The van der Waals surface area contributed by atoms with Gasteiger partial charge in [0, 0.05) is 6.20 Å². The Balaban J connectivity index is 2.33. The molecular weight excluding hydrogens is 188 g/mol. The highest BCUT2D eigenvalue weighted by molar-refractivity contribution is 5.34. The highest BCUT2D eigenvalue weighted by Crippen LogP contribution is 2.01. The summed E-state index contributed by atoms with van der Waals surface area (Å²) < 4.78 is 1.60. The zero-order valence-corrected chi connectivity index (χ0v) is 8.26. The van der Waals surface area contributed by atoms with E-state index in [9.17, 15) is 4.79 Å². The van der Waals surface area contributed by atoms with Gasteiger partial charge >= 0.3 is 0 Å². The first-order valence-corrected chi connectivity index (χ1v) is 4.76. The first-order valence-electron chi connectivity index (χ1n) is 4.76. The van der Waals surface area contributed by atoms with E-state index in [2.05, 4.69) is 0 Å². The number of nitrogens with zero attached hydrogens (tertiary/aromatic N) is 1. The van der Waals surface area contributed by atoms with Crippen molar-refractivity contribution in [3.63, 3.8) is 0 Å². The van der Waals surface area contributed by atoms with Gasteiger partial charge in [-0.25, -0.2) is 0 Å². The van der Waals surface area contributed by atoms with Gasteiger partial charge in [0.25, 0.3) is 5.56 Å². The Morgan fingerprint density at radius 1 is 1.07 bits per heavy atom. The third kappa shape index (κ3) is 2.07. The molecule has 3 heteroatoms. The highest BCUT2D eigenvalue weighted by atomic mass is 16.1. The largest absolute Gasteiger partial charge is 0.394 e. The zero-order chi connectivity index (χ0) is 10.7. The van der Waals surface area contributed by atoms with Crippen molar-refractivity contribution in [1.29, 1.82) is 0 Å². The summed E-state index contributed by atoms with van der Waals surface area (Å²) in [7, 11) is 0. The summed E-state index contributed by atoms with van der Waals surface area (Å²) in [4.78, 5) is 11.6. The molecule has 0 aliphatic rings. The van der Waals surface area contributed by atoms with Gasteiger partial charge in [0.05, 0.1) is 12.2 Å². The quantitative estimate of drug-likeness (QED) is 0.798. The van der Waals surface area contributed by atoms with Crippen LogP contribution in [0.25, 0.3) is 0 Å². The third-order valence-electron chi connectivity index (χ3n) is 2.25. The molecule has 3 nitrogen and oxygen atoms in total. The van der Waals surface area contributed by atoms with Gasteiger partial charge in [-0.3, -0.25) is 4.79 Å². The van der Waals surface area contributed by atoms with Crippen LogP contribution in [0.5, 0.6) is 0 Å². The lowest BCUT2D eigenvalue weighted by Gasteiger charge is -2.05. The van der Waals surface area contributed by atoms with Gasteiger partial charge in [-0.15, -0.1) is 0 Å². The predicted octanol–water partition coefficient (Wildman–Crippen LogP) is 1.48. The van der Waals surface area contributed by atoms with Gasteiger partial charge in [0.15, 0.2) is 0 Å². The van der Waals surface area contributed by atoms with E-state index < -0.39 is 0 Å². The smallest absolute Gasteiger partial charge is 0.273 e. The van der Waals surface area contributed by atoms with Gasteiger partial charge in [-0.2, -0.15) is 0 Å². The SMILES string of the molecule is Nc1cccn(Cc2ccccc2)c1=O. The number of nitrogens with two attached hydrogens (primary N) is 1. The Kier molecular flexibility index (Phi) is 2.54. The van der Waals surface area contributed by atoms with Crippen LogP contribution in [0.1, 0.15) is 5.56 Å². The molecule has 2 aromatic rings. The Labute approximate surface area is 87.8 Å². The average Bonchev–Trinajstić information content (AvgIpc) is 2.26. The summed E-state index contributed by atoms with van der Waals surface area (Å²) in [6.07, 6.45) is 1.74. The van der Waals surface area contributed by atoms with Gasteiger partial charge < -0.3 is 10.3 Å². The van der Waals surface area contributed by atoms with Crippen LogP contribution in [0, 0.1) is 0 Å². The molecule has 0 atom stereocenters. The maximum atomic E-state index is 11.6. The lowest BCUT2D eigenvalue weighted by atomic mass is 10.2. The molecule has 76 valence electrons. The molecule has 0 bridgehead atoms. The van der Waals surface area contributed by atoms with Crippen molar-refractivity contribution >= 4 is 5.69 Å². The molecule has 0 aliphatic heterocycles. The molecule has 0 fully saturated rings. The Morgan fingerprint density at radius 2 is 1.80 bits per heavy atom. The summed E-state index contributed by atoms with van der Waals surface area (Å²) >= 11 is 0. The van der Waals surface area contributed by atoms with E-state index in [0.717, 1.165) is 5.56 Å². The molecule has 0 amide bonds. The Hall–Kier alpha value is -2.03. The van der Waals surface area contributed by atoms with Crippen LogP contribution in [-0.2, 0) is 6.54 Å². The number of benzene rings is 1. The summed E-state index contributed by atoms with van der Waals surface area (Å²) in [5, 5.41) is 0. The highest BCUT2D eigenvalue weighted by Gasteiger charge is 1.99. The zero-order valence-electron chi connectivity index (χ0n) is 8.26. The molecule has 15 heavy (non-hydrogen) atoms. The van der Waals surface area contributed by atoms with E-state index >= 15 is 0 Å². The topological polar surface area (TPSA) is 48.0 Å². The molecule has 0 saturated heterocycles. The van der Waals surface area contributed by atoms with Crippen LogP contribution >= 0.6 is 0 Å². The Bertz CT molecular complexity index is 503. The second kappa shape index (κ2) is 4.00. The van der Waals surface area contributed by atoms with E-state index in [1.54, 1.807) is 22.9 Å². The van der Waals surface area contributed by atoms with Gasteiger partial charge in [0.1, 0.15) is 0 Å². The van der Waals surface area contributed by atoms with Crippen LogP contribution in [0.4, 0.5) is 5.69 Å². The van der Waals surface area contributed by atoms with Crippen molar-refractivity contribution in [3.8, 4) is 0 Å². The van der Waals surface area contributed by atoms with Crippen molar-refractivity contribution in [1.82, 2.24) is 4.57 Å². The van der Waals surface area contributed by atoms with Crippen LogP contribution in [-0.4, -0.2) is 4.57 Å². The average molecular weight is 200 g/mol. The standard InChI is InChI=1S/C12H12N2O/c13-11-7-4-8-14(12(11)15)9-10-5-2-1-3-6-10/h1-8H,9,13H2. The fourth-order valence-corrected chi connectivity index (χ4v) is 1.46. The summed E-state index contributed by atoms with van der Waals surface area (Å²) in [5.74, 6) is 0. The minimum atomic E-state index is -0.138. The molecule has 1 heterocycles. The monoisotopic (exact) mass is 200 g/mol. The van der Waals surface area contributed by atoms with E-state index in [1.165, 1.54) is 0 Å². The second-order valence-electron chi connectivity index (χ2n) is 3.38. The number of hydrogen-bond donors (Lipinski definition) is 1. The molecule has 2 rings (SSSR count). The number of nitrogen functional groups attached to an aromatic ring is 1. The second-order valence-corrected chi connectivity index (χ2v) is 3.38. The first kappa shape index (κ1) is 9.52. The first-order chi connectivity index (χ1) is 7.27. The molecule has 1 aromatic heterocycles. The number of hydrogen-bond acceptors (Lipinski definition) is 2. The van der Waals surface area contributed by atoms with E-state index in [0.29, 0.717) is 6.54 Å². The minimum absolute atomic E-state index is 0.138. The van der Waals surface area contributed by atoms with Crippen molar-refractivity contribution in [2.75, 3.05) is 5.73 Å². The number of anilines is 1. The fourth-order valence-electron chi connectivity index (χ4n) is 1.46. The molecular formula is C12H12N2O. The van der Waals surface area contributed by atoms with Crippen LogP contribution < -0.4 is 11.3 Å². The lowest BCUT2D eigenvalue weighted by molar-refractivity contribution is 0.762. The molecule has 1 aromatic carbocycles. The maximum absolute atomic E-state index is 11.6. The van der Waals surface area contributed by atoms with Crippen molar-refractivity contribution in [3.05, 3.63) is 64.6 Å². The van der Waals surface area contributed by atoms with Gasteiger partial charge in [-0.05, 0) is 17.7 Å². The van der Waals surface area contributed by atoms with Gasteiger partial charge in [0.2, 0.25) is 0 Å². The molecule has 0 unspecified atom stereocenters.